The Labute approximate surface area is 116 Å². The van der Waals surface area contributed by atoms with Crippen LogP contribution >= 0.6 is 0 Å². The largest absolute Gasteiger partial charge is 0.337 e. The van der Waals surface area contributed by atoms with Crippen molar-refractivity contribution in [2.45, 2.75) is 77.2 Å². The maximum atomic E-state index is 12.8. The fourth-order valence-corrected chi connectivity index (χ4v) is 3.95. The molecule has 0 bridgehead atoms. The van der Waals surface area contributed by atoms with Crippen LogP contribution in [0.3, 0.4) is 0 Å². The van der Waals surface area contributed by atoms with Gasteiger partial charge in [-0.05, 0) is 50.9 Å². The average Bonchev–Trinajstić information content (AvgIpc) is 2.99. The Morgan fingerprint density at radius 1 is 1.16 bits per heavy atom. The highest BCUT2D eigenvalue weighted by atomic mass is 16.2. The minimum atomic E-state index is -0.566. The summed E-state index contributed by atoms with van der Waals surface area (Å²) in [6.07, 6.45) is 9.03. The third-order valence-electron chi connectivity index (χ3n) is 4.87. The van der Waals surface area contributed by atoms with Crippen LogP contribution in [-0.2, 0) is 4.79 Å². The lowest BCUT2D eigenvalue weighted by Crippen LogP contribution is -2.51. The molecule has 1 amide bonds. The molecule has 0 aliphatic heterocycles. The second-order valence-corrected chi connectivity index (χ2v) is 6.94. The molecule has 19 heavy (non-hydrogen) atoms. The molecule has 0 unspecified atom stereocenters. The van der Waals surface area contributed by atoms with Crippen molar-refractivity contribution in [3.63, 3.8) is 0 Å². The number of carbonyl (C=O) groups excluding carboxylic acids is 1. The predicted molar refractivity (Wildman–Crippen MR) is 75.3 cm³/mol. The molecule has 0 heterocycles. The highest BCUT2D eigenvalue weighted by Gasteiger charge is 2.45. The Bertz CT molecular complexity index is 369. The normalized spacial score (nSPS) is 24.3. The van der Waals surface area contributed by atoms with Gasteiger partial charge in [-0.3, -0.25) is 4.79 Å². The zero-order valence-corrected chi connectivity index (χ0v) is 12.3. The zero-order chi connectivity index (χ0) is 13.9. The first-order chi connectivity index (χ1) is 9.02. The molecule has 2 aliphatic rings. The van der Waals surface area contributed by atoms with Crippen LogP contribution in [0.5, 0.6) is 0 Å². The summed E-state index contributed by atoms with van der Waals surface area (Å²) in [5.74, 6) is 0.688. The monoisotopic (exact) mass is 262 g/mol. The molecule has 0 aromatic rings. The minimum Gasteiger partial charge on any atom is -0.337 e. The second-order valence-electron chi connectivity index (χ2n) is 6.94. The van der Waals surface area contributed by atoms with Crippen molar-refractivity contribution in [3.8, 4) is 6.07 Å². The number of nitrogens with one attached hydrogen (secondary N) is 1. The molecule has 3 heteroatoms. The van der Waals surface area contributed by atoms with E-state index < -0.39 is 5.54 Å². The third kappa shape index (κ3) is 2.94. The van der Waals surface area contributed by atoms with Crippen LogP contribution in [0.2, 0.25) is 0 Å². The maximum Gasteiger partial charge on any atom is 0.227 e. The number of amides is 1. The molecule has 106 valence electrons. The van der Waals surface area contributed by atoms with Crippen LogP contribution in [0.25, 0.3) is 0 Å². The summed E-state index contributed by atoms with van der Waals surface area (Å²) in [5.41, 5.74) is -0.760. The van der Waals surface area contributed by atoms with Gasteiger partial charge in [0.2, 0.25) is 5.91 Å². The lowest BCUT2D eigenvalue weighted by atomic mass is 9.77. The molecule has 0 saturated heterocycles. The van der Waals surface area contributed by atoms with Crippen LogP contribution in [0, 0.1) is 22.7 Å². The van der Waals surface area contributed by atoms with Gasteiger partial charge in [0.05, 0.1) is 6.07 Å². The highest BCUT2D eigenvalue weighted by molar-refractivity contribution is 5.84. The summed E-state index contributed by atoms with van der Waals surface area (Å²) in [6, 6.07) is 2.37. The molecule has 0 atom stereocenters. The number of hydrogen-bond acceptors (Lipinski definition) is 2. The van der Waals surface area contributed by atoms with Crippen LogP contribution in [0.15, 0.2) is 0 Å². The first kappa shape index (κ1) is 14.4. The number of nitriles is 1. The average molecular weight is 262 g/mol. The van der Waals surface area contributed by atoms with Crippen molar-refractivity contribution >= 4 is 5.91 Å². The van der Waals surface area contributed by atoms with Gasteiger partial charge in [-0.1, -0.05) is 26.7 Å². The smallest absolute Gasteiger partial charge is 0.227 e. The summed E-state index contributed by atoms with van der Waals surface area (Å²) in [4.78, 5) is 12.8. The van der Waals surface area contributed by atoms with Crippen LogP contribution in [-0.4, -0.2) is 11.4 Å². The Balaban J connectivity index is 2.10. The summed E-state index contributed by atoms with van der Waals surface area (Å²) < 4.78 is 0. The third-order valence-corrected chi connectivity index (χ3v) is 4.87. The summed E-state index contributed by atoms with van der Waals surface area (Å²) in [7, 11) is 0. The second kappa shape index (κ2) is 5.53. The number of rotatable bonds is 4. The fourth-order valence-electron chi connectivity index (χ4n) is 3.95. The molecular formula is C16H26N2O. The van der Waals surface area contributed by atoms with Gasteiger partial charge in [-0.2, -0.15) is 5.26 Å². The molecular weight excluding hydrogens is 236 g/mol. The van der Waals surface area contributed by atoms with Crippen molar-refractivity contribution in [1.29, 1.82) is 5.26 Å². The quantitative estimate of drug-likeness (QED) is 0.842. The van der Waals surface area contributed by atoms with E-state index in [4.69, 9.17) is 0 Å². The van der Waals surface area contributed by atoms with Crippen molar-refractivity contribution in [3.05, 3.63) is 0 Å². The number of nitrogens with zero attached hydrogens (tertiary/aromatic N) is 1. The number of carbonyl (C=O) groups is 1. The predicted octanol–water partition coefficient (Wildman–Crippen LogP) is 3.55. The Hall–Kier alpha value is -1.04. The van der Waals surface area contributed by atoms with Gasteiger partial charge in [0.1, 0.15) is 5.54 Å². The SMILES string of the molecule is CC(C)CC1(C(=O)NC2(C#N)CCCC2)CCCC1. The molecule has 0 spiro atoms. The van der Waals surface area contributed by atoms with Gasteiger partial charge in [-0.15, -0.1) is 0 Å². The Morgan fingerprint density at radius 2 is 1.68 bits per heavy atom. The Kier molecular flexibility index (Phi) is 4.18. The molecule has 1 N–H and O–H groups in total. The van der Waals surface area contributed by atoms with E-state index in [0.29, 0.717) is 5.92 Å². The lowest BCUT2D eigenvalue weighted by Gasteiger charge is -2.33. The van der Waals surface area contributed by atoms with Crippen LogP contribution < -0.4 is 5.32 Å². The van der Waals surface area contributed by atoms with E-state index in [1.807, 2.05) is 0 Å². The van der Waals surface area contributed by atoms with E-state index in [2.05, 4.69) is 25.2 Å². The van der Waals surface area contributed by atoms with Gasteiger partial charge in [0, 0.05) is 5.41 Å². The molecule has 0 aromatic heterocycles. The fraction of sp³-hybridized carbons (Fsp3) is 0.875. The van der Waals surface area contributed by atoms with Gasteiger partial charge >= 0.3 is 0 Å². The molecule has 3 nitrogen and oxygen atoms in total. The van der Waals surface area contributed by atoms with Gasteiger partial charge < -0.3 is 5.32 Å². The van der Waals surface area contributed by atoms with Crippen molar-refractivity contribution < 1.29 is 4.79 Å². The summed E-state index contributed by atoms with van der Waals surface area (Å²) in [6.45, 7) is 4.37. The molecule has 2 aliphatic carbocycles. The lowest BCUT2D eigenvalue weighted by molar-refractivity contribution is -0.133. The van der Waals surface area contributed by atoms with Crippen molar-refractivity contribution in [1.82, 2.24) is 5.32 Å². The molecule has 0 aromatic carbocycles. The summed E-state index contributed by atoms with van der Waals surface area (Å²) in [5, 5.41) is 12.5. The molecule has 2 fully saturated rings. The van der Waals surface area contributed by atoms with E-state index in [1.54, 1.807) is 0 Å². The van der Waals surface area contributed by atoms with Gasteiger partial charge in [0.15, 0.2) is 0 Å². The standard InChI is InChI=1S/C16H26N2O/c1-13(2)11-15(7-3-4-8-15)14(19)18-16(12-17)9-5-6-10-16/h13H,3-11H2,1-2H3,(H,18,19). The van der Waals surface area contributed by atoms with E-state index in [9.17, 15) is 10.1 Å². The Morgan fingerprint density at radius 3 is 2.16 bits per heavy atom. The van der Waals surface area contributed by atoms with Gasteiger partial charge in [-0.25, -0.2) is 0 Å². The molecule has 0 radical (unpaired) electrons. The summed E-state index contributed by atoms with van der Waals surface area (Å²) >= 11 is 0. The van der Waals surface area contributed by atoms with Crippen molar-refractivity contribution in [2.24, 2.45) is 11.3 Å². The van der Waals surface area contributed by atoms with E-state index in [0.717, 1.165) is 57.8 Å². The highest BCUT2D eigenvalue weighted by Crippen LogP contribution is 2.44. The van der Waals surface area contributed by atoms with E-state index in [1.165, 1.54) is 0 Å². The van der Waals surface area contributed by atoms with Crippen LogP contribution in [0.1, 0.15) is 71.6 Å². The first-order valence-electron chi connectivity index (χ1n) is 7.76. The van der Waals surface area contributed by atoms with Gasteiger partial charge in [0.25, 0.3) is 0 Å². The first-order valence-corrected chi connectivity index (χ1v) is 7.76. The topological polar surface area (TPSA) is 52.9 Å². The number of hydrogen-bond donors (Lipinski definition) is 1. The zero-order valence-electron chi connectivity index (χ0n) is 12.3. The minimum absolute atomic E-state index is 0.155. The molecule has 2 saturated carbocycles. The van der Waals surface area contributed by atoms with Crippen molar-refractivity contribution in [2.75, 3.05) is 0 Å². The van der Waals surface area contributed by atoms with E-state index >= 15 is 0 Å². The maximum absolute atomic E-state index is 12.8. The molecule has 2 rings (SSSR count). The van der Waals surface area contributed by atoms with E-state index in [-0.39, 0.29) is 11.3 Å². The van der Waals surface area contributed by atoms with Crippen LogP contribution in [0.4, 0.5) is 0 Å².